The zero-order valence-corrected chi connectivity index (χ0v) is 12.3. The molecule has 22 heavy (non-hydrogen) atoms. The summed E-state index contributed by atoms with van der Waals surface area (Å²) in [5, 5.41) is 6.42. The zero-order chi connectivity index (χ0) is 15.5. The zero-order valence-electron chi connectivity index (χ0n) is 12.3. The van der Waals surface area contributed by atoms with Crippen LogP contribution in [0.2, 0.25) is 0 Å². The van der Waals surface area contributed by atoms with Crippen LogP contribution in [-0.2, 0) is 17.8 Å². The van der Waals surface area contributed by atoms with Crippen LogP contribution in [0.3, 0.4) is 0 Å². The first-order valence-electron chi connectivity index (χ1n) is 7.23. The van der Waals surface area contributed by atoms with Crippen LogP contribution in [0.5, 0.6) is 0 Å². The summed E-state index contributed by atoms with van der Waals surface area (Å²) in [6.45, 7) is 2.52. The molecule has 0 radical (unpaired) electrons. The number of carbonyl (C=O) groups is 1. The molecule has 0 bridgehead atoms. The van der Waals surface area contributed by atoms with Crippen molar-refractivity contribution < 1.29 is 9.53 Å². The molecule has 2 aromatic rings. The van der Waals surface area contributed by atoms with Gasteiger partial charge in [-0.1, -0.05) is 30.3 Å². The second-order valence-electron chi connectivity index (χ2n) is 5.26. The quantitative estimate of drug-likeness (QED) is 0.922. The Balaban J connectivity index is 1.80. The number of fused-ring (bicyclic) bond motifs is 1. The van der Waals surface area contributed by atoms with E-state index in [9.17, 15) is 9.59 Å². The van der Waals surface area contributed by atoms with Gasteiger partial charge in [-0.25, -0.2) is 9.89 Å². The number of aromatic nitrogens is 2. The molecular formula is C16H17N3O3. The molecule has 0 spiro atoms. The van der Waals surface area contributed by atoms with E-state index in [-0.39, 0.29) is 12.2 Å². The molecule has 0 atom stereocenters. The number of anilines is 1. The van der Waals surface area contributed by atoms with E-state index in [1.807, 2.05) is 30.3 Å². The molecule has 3 rings (SSSR count). The maximum Gasteiger partial charge on any atom is 0.414 e. The Kier molecular flexibility index (Phi) is 3.91. The number of aryl methyl sites for hydroxylation is 1. The van der Waals surface area contributed by atoms with Crippen LogP contribution in [-0.4, -0.2) is 22.8 Å². The number of H-pyrrole nitrogens is 1. The largest absolute Gasteiger partial charge is 0.444 e. The van der Waals surface area contributed by atoms with Gasteiger partial charge < -0.3 is 4.74 Å². The van der Waals surface area contributed by atoms with Crippen LogP contribution in [0.4, 0.5) is 10.5 Å². The van der Waals surface area contributed by atoms with Crippen molar-refractivity contribution in [2.75, 3.05) is 11.4 Å². The van der Waals surface area contributed by atoms with Crippen LogP contribution in [0.25, 0.3) is 0 Å². The molecule has 114 valence electrons. The van der Waals surface area contributed by atoms with Gasteiger partial charge in [-0.15, -0.1) is 0 Å². The molecule has 1 aromatic carbocycles. The van der Waals surface area contributed by atoms with Crippen molar-refractivity contribution in [3.05, 3.63) is 57.5 Å². The number of ether oxygens (including phenoxy) is 1. The summed E-state index contributed by atoms with van der Waals surface area (Å²) in [5.74, 6) is 0. The van der Waals surface area contributed by atoms with Crippen LogP contribution in [0.15, 0.2) is 35.1 Å². The highest BCUT2D eigenvalue weighted by molar-refractivity contribution is 5.89. The maximum absolute atomic E-state index is 12.4. The Hall–Kier alpha value is -2.63. The van der Waals surface area contributed by atoms with Gasteiger partial charge in [-0.2, -0.15) is 5.10 Å². The number of nitrogens with one attached hydrogen (secondary N) is 1. The Labute approximate surface area is 127 Å². The Bertz CT molecular complexity index is 740. The second-order valence-corrected chi connectivity index (χ2v) is 5.26. The average Bonchev–Trinajstić information content (AvgIpc) is 2.56. The highest BCUT2D eigenvalue weighted by atomic mass is 16.6. The van der Waals surface area contributed by atoms with E-state index >= 15 is 0 Å². The SMILES string of the molecule is Cc1n[nH]c(=O)c2c1N(C(=O)OCc1ccccc1)CCC2. The predicted molar refractivity (Wildman–Crippen MR) is 81.9 cm³/mol. The van der Waals surface area contributed by atoms with Crippen LogP contribution in [0, 0.1) is 6.92 Å². The van der Waals surface area contributed by atoms with E-state index in [0.29, 0.717) is 29.9 Å². The van der Waals surface area contributed by atoms with Gasteiger partial charge >= 0.3 is 6.09 Å². The topological polar surface area (TPSA) is 75.3 Å². The minimum Gasteiger partial charge on any atom is -0.444 e. The third-order valence-electron chi connectivity index (χ3n) is 3.73. The van der Waals surface area contributed by atoms with Gasteiger partial charge in [0, 0.05) is 12.1 Å². The molecule has 0 saturated carbocycles. The molecule has 1 amide bonds. The molecule has 0 fully saturated rings. The Morgan fingerprint density at radius 1 is 1.36 bits per heavy atom. The highest BCUT2D eigenvalue weighted by Crippen LogP contribution is 2.27. The number of hydrogen-bond acceptors (Lipinski definition) is 4. The van der Waals surface area contributed by atoms with E-state index in [4.69, 9.17) is 4.74 Å². The maximum atomic E-state index is 12.4. The summed E-state index contributed by atoms with van der Waals surface area (Å²) in [6.07, 6.45) is 0.941. The Morgan fingerprint density at radius 2 is 2.14 bits per heavy atom. The second kappa shape index (κ2) is 6.01. The molecule has 0 aliphatic carbocycles. The molecule has 6 nitrogen and oxygen atoms in total. The number of hydrogen-bond donors (Lipinski definition) is 1. The summed E-state index contributed by atoms with van der Waals surface area (Å²) in [5.41, 5.74) is 2.52. The first-order valence-corrected chi connectivity index (χ1v) is 7.23. The molecule has 1 N–H and O–H groups in total. The molecule has 0 saturated heterocycles. The lowest BCUT2D eigenvalue weighted by molar-refractivity contribution is 0.146. The van der Waals surface area contributed by atoms with Gasteiger partial charge in [0.1, 0.15) is 6.61 Å². The molecule has 0 unspecified atom stereocenters. The van der Waals surface area contributed by atoms with Crippen molar-refractivity contribution in [3.63, 3.8) is 0 Å². The molecule has 6 heteroatoms. The fraction of sp³-hybridized carbons (Fsp3) is 0.312. The lowest BCUT2D eigenvalue weighted by Crippen LogP contribution is -2.39. The van der Waals surface area contributed by atoms with Crippen LogP contribution >= 0.6 is 0 Å². The van der Waals surface area contributed by atoms with Crippen LogP contribution < -0.4 is 10.5 Å². The summed E-state index contributed by atoms with van der Waals surface area (Å²) < 4.78 is 5.37. The lowest BCUT2D eigenvalue weighted by atomic mass is 10.0. The molecule has 1 aliphatic rings. The third-order valence-corrected chi connectivity index (χ3v) is 3.73. The molecular weight excluding hydrogens is 282 g/mol. The predicted octanol–water partition coefficient (Wildman–Crippen LogP) is 2.17. The van der Waals surface area contributed by atoms with Gasteiger partial charge in [-0.05, 0) is 25.3 Å². The van der Waals surface area contributed by atoms with Gasteiger partial charge in [-0.3, -0.25) is 9.69 Å². The fourth-order valence-electron chi connectivity index (χ4n) is 2.68. The van der Waals surface area contributed by atoms with E-state index in [0.717, 1.165) is 12.0 Å². The van der Waals surface area contributed by atoms with E-state index in [1.165, 1.54) is 4.90 Å². The summed E-state index contributed by atoms with van der Waals surface area (Å²) in [7, 11) is 0. The molecule has 1 aromatic heterocycles. The monoisotopic (exact) mass is 299 g/mol. The molecule has 2 heterocycles. The van der Waals surface area contributed by atoms with Gasteiger partial charge in [0.2, 0.25) is 0 Å². The van der Waals surface area contributed by atoms with Crippen LogP contribution in [0.1, 0.15) is 23.2 Å². The van der Waals surface area contributed by atoms with Crippen molar-refractivity contribution in [1.82, 2.24) is 10.2 Å². The van der Waals surface area contributed by atoms with E-state index < -0.39 is 6.09 Å². The van der Waals surface area contributed by atoms with Gasteiger partial charge in [0.25, 0.3) is 5.56 Å². The highest BCUT2D eigenvalue weighted by Gasteiger charge is 2.28. The normalized spacial score (nSPS) is 13.6. The minimum absolute atomic E-state index is 0.209. The standard InChI is InChI=1S/C16H17N3O3/c1-11-14-13(15(20)18-17-11)8-5-9-19(14)16(21)22-10-12-6-3-2-4-7-12/h2-4,6-7H,5,8-10H2,1H3,(H,18,20). The molecule has 1 aliphatic heterocycles. The van der Waals surface area contributed by atoms with Crippen molar-refractivity contribution in [3.8, 4) is 0 Å². The lowest BCUT2D eigenvalue weighted by Gasteiger charge is -2.28. The van der Waals surface area contributed by atoms with Crippen molar-refractivity contribution in [2.24, 2.45) is 0 Å². The first kappa shape index (κ1) is 14.3. The number of rotatable bonds is 2. The Morgan fingerprint density at radius 3 is 2.91 bits per heavy atom. The number of nitrogens with zero attached hydrogens (tertiary/aromatic N) is 2. The van der Waals surface area contributed by atoms with Gasteiger partial charge in [0.05, 0.1) is 11.4 Å². The number of benzene rings is 1. The fourth-order valence-corrected chi connectivity index (χ4v) is 2.68. The summed E-state index contributed by atoms with van der Waals surface area (Å²) in [6, 6.07) is 9.50. The van der Waals surface area contributed by atoms with Crippen molar-refractivity contribution in [1.29, 1.82) is 0 Å². The minimum atomic E-state index is -0.444. The van der Waals surface area contributed by atoms with E-state index in [2.05, 4.69) is 10.2 Å². The number of amides is 1. The number of carbonyl (C=O) groups excluding carboxylic acids is 1. The van der Waals surface area contributed by atoms with Crippen molar-refractivity contribution in [2.45, 2.75) is 26.4 Å². The summed E-state index contributed by atoms with van der Waals surface area (Å²) >= 11 is 0. The average molecular weight is 299 g/mol. The summed E-state index contributed by atoms with van der Waals surface area (Å²) in [4.78, 5) is 25.7. The van der Waals surface area contributed by atoms with Gasteiger partial charge in [0.15, 0.2) is 0 Å². The third kappa shape index (κ3) is 2.72. The smallest absolute Gasteiger partial charge is 0.414 e. The number of aromatic amines is 1. The first-order chi connectivity index (χ1) is 10.7. The van der Waals surface area contributed by atoms with Crippen molar-refractivity contribution >= 4 is 11.8 Å². The van der Waals surface area contributed by atoms with E-state index in [1.54, 1.807) is 6.92 Å².